The van der Waals surface area contributed by atoms with Crippen LogP contribution >= 0.6 is 11.3 Å². The molecule has 3 heterocycles. The molecular formula is C45H28N4S. The van der Waals surface area contributed by atoms with Crippen LogP contribution in [0.1, 0.15) is 19.2 Å². The number of hydrogen-bond acceptors (Lipinski definition) is 4. The predicted molar refractivity (Wildman–Crippen MR) is 209 cm³/mol. The quantitative estimate of drug-likeness (QED) is 0.183. The predicted octanol–water partition coefficient (Wildman–Crippen LogP) is 12.0. The number of para-hydroxylation sites is 3. The van der Waals surface area contributed by atoms with Crippen LogP contribution in [0.15, 0.2) is 170 Å². The lowest BCUT2D eigenvalue weighted by atomic mass is 9.97. The number of aromatic nitrogens is 4. The Hall–Kier alpha value is -6.43. The summed E-state index contributed by atoms with van der Waals surface area (Å²) < 4.78 is 128. The molecule has 0 bridgehead atoms. The molecular weight excluding hydrogens is 629 g/mol. The monoisotopic (exact) mass is 670 g/mol. The summed E-state index contributed by atoms with van der Waals surface area (Å²) in [6.07, 6.45) is 0. The Balaban J connectivity index is 1.48. The smallest absolute Gasteiger partial charge is 0.166 e. The number of nitrogens with zero attached hydrogens (tertiary/aromatic N) is 4. The van der Waals surface area contributed by atoms with Crippen molar-refractivity contribution in [2.45, 2.75) is 0 Å². The lowest BCUT2D eigenvalue weighted by Gasteiger charge is -2.19. The largest absolute Gasteiger partial charge is 0.308 e. The van der Waals surface area contributed by atoms with Crippen LogP contribution < -0.4 is 0 Å². The van der Waals surface area contributed by atoms with E-state index in [2.05, 4.69) is 0 Å². The molecule has 0 radical (unpaired) electrons. The van der Waals surface area contributed by atoms with Gasteiger partial charge in [-0.15, -0.1) is 11.3 Å². The Labute approximate surface area is 312 Å². The molecule has 0 fully saturated rings. The van der Waals surface area contributed by atoms with E-state index in [0.29, 0.717) is 11.1 Å². The molecule has 0 aliphatic carbocycles. The lowest BCUT2D eigenvalue weighted by Crippen LogP contribution is -2.05. The maximum Gasteiger partial charge on any atom is 0.166 e. The lowest BCUT2D eigenvalue weighted by molar-refractivity contribution is 1.06. The minimum Gasteiger partial charge on any atom is -0.308 e. The molecule has 0 saturated heterocycles. The highest BCUT2D eigenvalue weighted by atomic mass is 32.1. The van der Waals surface area contributed by atoms with Crippen molar-refractivity contribution in [2.24, 2.45) is 0 Å². The van der Waals surface area contributed by atoms with Crippen molar-refractivity contribution in [3.63, 3.8) is 0 Å². The Morgan fingerprint density at radius 2 is 1.02 bits per heavy atom. The normalized spacial score (nSPS) is 15.5. The minimum absolute atomic E-state index is 0.00421. The van der Waals surface area contributed by atoms with Crippen LogP contribution in [0.5, 0.6) is 0 Å². The van der Waals surface area contributed by atoms with E-state index in [0.717, 1.165) is 11.3 Å². The topological polar surface area (TPSA) is 43.6 Å². The summed E-state index contributed by atoms with van der Waals surface area (Å²) in [4.78, 5) is 14.8. The van der Waals surface area contributed by atoms with E-state index < -0.39 is 66.5 Å². The summed E-state index contributed by atoms with van der Waals surface area (Å²) in [6.45, 7) is 0. The highest BCUT2D eigenvalue weighted by Crippen LogP contribution is 2.45. The van der Waals surface area contributed by atoms with Gasteiger partial charge in [0.25, 0.3) is 0 Å². The molecule has 10 aromatic rings. The third-order valence-corrected chi connectivity index (χ3v) is 9.62. The Kier molecular flexibility index (Phi) is 4.14. The first-order valence-corrected chi connectivity index (χ1v) is 16.4. The van der Waals surface area contributed by atoms with Gasteiger partial charge >= 0.3 is 0 Å². The van der Waals surface area contributed by atoms with E-state index in [1.807, 2.05) is 60.7 Å². The van der Waals surface area contributed by atoms with E-state index in [1.165, 1.54) is 10.6 Å². The van der Waals surface area contributed by atoms with Crippen molar-refractivity contribution in [1.29, 1.82) is 0 Å². The fraction of sp³-hybridized carbons (Fsp3) is 0. The number of rotatable bonds is 5. The molecule has 0 atom stereocenters. The zero-order chi connectivity index (χ0) is 45.2. The molecule has 0 amide bonds. The van der Waals surface area contributed by atoms with Gasteiger partial charge in [-0.1, -0.05) is 145 Å². The number of thiophene rings is 1. The zero-order valence-corrected chi connectivity index (χ0v) is 26.6. The summed E-state index contributed by atoms with van der Waals surface area (Å²) in [7, 11) is 0. The fourth-order valence-electron chi connectivity index (χ4n) is 6.30. The Morgan fingerprint density at radius 1 is 0.440 bits per heavy atom. The van der Waals surface area contributed by atoms with Gasteiger partial charge in [0.2, 0.25) is 0 Å². The average Bonchev–Trinajstić information content (AvgIpc) is 3.89. The van der Waals surface area contributed by atoms with Crippen LogP contribution in [0.2, 0.25) is 0 Å². The van der Waals surface area contributed by atoms with Crippen LogP contribution in [0.25, 0.3) is 93.0 Å². The molecule has 5 heteroatoms. The van der Waals surface area contributed by atoms with E-state index in [1.54, 1.807) is 18.2 Å². The first-order valence-electron chi connectivity index (χ1n) is 22.6. The summed E-state index contributed by atoms with van der Waals surface area (Å²) in [5.41, 5.74) is 1.12. The van der Waals surface area contributed by atoms with Gasteiger partial charge in [-0.3, -0.25) is 0 Å². The van der Waals surface area contributed by atoms with Gasteiger partial charge in [-0.25, -0.2) is 15.0 Å². The standard InChI is InChI=1S/C45H28N4S/c1-3-15-29(16-4-1)43-46-44(30-17-5-2-6-18-30)48-45(47-43)37-25-13-22-34(36-24-14-23-35-33-21-9-12-28-40(33)50-42(35)36)41(37)49-38-26-10-7-19-31(38)32-20-8-11-27-39(32)49/h1-28H/i7D,8D,9D,10D,11D,14D,19D,20D,21D,23D,24D,26D,27D,28D. The van der Waals surface area contributed by atoms with Gasteiger partial charge < -0.3 is 4.57 Å². The highest BCUT2D eigenvalue weighted by molar-refractivity contribution is 7.26. The summed E-state index contributed by atoms with van der Waals surface area (Å²) in [5.74, 6) is 0.539. The second-order valence-electron chi connectivity index (χ2n) is 11.3. The molecule has 0 spiro atoms. The third-order valence-electron chi connectivity index (χ3n) is 8.48. The molecule has 234 valence electrons. The molecule has 3 aromatic heterocycles. The Morgan fingerprint density at radius 3 is 1.70 bits per heavy atom. The van der Waals surface area contributed by atoms with Crippen molar-refractivity contribution in [3.05, 3.63) is 170 Å². The molecule has 0 aliphatic rings. The van der Waals surface area contributed by atoms with Crippen molar-refractivity contribution in [2.75, 3.05) is 0 Å². The van der Waals surface area contributed by atoms with Crippen molar-refractivity contribution < 1.29 is 19.2 Å². The molecule has 4 nitrogen and oxygen atoms in total. The van der Waals surface area contributed by atoms with Crippen LogP contribution in [-0.4, -0.2) is 19.5 Å². The molecule has 0 N–H and O–H groups in total. The SMILES string of the molecule is [2H]c1cc([2H])c2sc3c(-c4cccc(-c5nc(-c6ccccc6)nc(-c6ccccc6)n5)c4-n4c5c([2H])c([2H])c([2H])c([2H])c5c5c([2H])c([2H])c([2H])c([2H])c54)c([2H])c([2H])c([2H])c3c2c1[2H]. The molecule has 7 aromatic carbocycles. The maximum atomic E-state index is 9.55. The van der Waals surface area contributed by atoms with Crippen LogP contribution in [0.3, 0.4) is 0 Å². The van der Waals surface area contributed by atoms with E-state index in [4.69, 9.17) is 30.0 Å². The van der Waals surface area contributed by atoms with Crippen LogP contribution in [-0.2, 0) is 0 Å². The van der Waals surface area contributed by atoms with Crippen LogP contribution in [0, 0.1) is 0 Å². The molecule has 50 heavy (non-hydrogen) atoms. The molecule has 0 aliphatic heterocycles. The second kappa shape index (κ2) is 11.6. The highest BCUT2D eigenvalue weighted by Gasteiger charge is 2.23. The summed E-state index contributed by atoms with van der Waals surface area (Å²) >= 11 is 0.996. The molecule has 10 rings (SSSR count). The summed E-state index contributed by atoms with van der Waals surface area (Å²) in [6, 6.07) is 17.4. The van der Waals surface area contributed by atoms with Gasteiger partial charge in [0.1, 0.15) is 0 Å². The van der Waals surface area contributed by atoms with Crippen molar-refractivity contribution in [3.8, 4) is 51.0 Å². The van der Waals surface area contributed by atoms with E-state index >= 15 is 0 Å². The van der Waals surface area contributed by atoms with Gasteiger partial charge in [0.15, 0.2) is 17.5 Å². The van der Waals surface area contributed by atoms with Gasteiger partial charge in [0.05, 0.1) is 35.9 Å². The van der Waals surface area contributed by atoms with E-state index in [-0.39, 0.29) is 100.0 Å². The zero-order valence-electron chi connectivity index (χ0n) is 39.8. The summed E-state index contributed by atoms with van der Waals surface area (Å²) in [5, 5.41) is -0.238. The van der Waals surface area contributed by atoms with Gasteiger partial charge in [-0.05, 0) is 24.2 Å². The van der Waals surface area contributed by atoms with Crippen molar-refractivity contribution >= 4 is 53.3 Å². The van der Waals surface area contributed by atoms with Crippen LogP contribution in [0.4, 0.5) is 0 Å². The second-order valence-corrected chi connectivity index (χ2v) is 12.4. The molecule has 0 unspecified atom stereocenters. The first-order chi connectivity index (χ1) is 30.6. The number of benzene rings is 7. The first kappa shape index (κ1) is 17.8. The van der Waals surface area contributed by atoms with E-state index in [9.17, 15) is 4.11 Å². The minimum atomic E-state index is -0.647. The maximum absolute atomic E-state index is 9.55. The number of fused-ring (bicyclic) bond motifs is 6. The third kappa shape index (κ3) is 4.55. The molecule has 0 saturated carbocycles. The Bertz CT molecular complexity index is 3530. The number of hydrogen-bond donors (Lipinski definition) is 0. The van der Waals surface area contributed by atoms with Gasteiger partial charge in [0, 0.05) is 58.8 Å². The fourth-order valence-corrected chi connectivity index (χ4v) is 7.40. The van der Waals surface area contributed by atoms with Gasteiger partial charge in [-0.2, -0.15) is 0 Å². The average molecular weight is 671 g/mol. The van der Waals surface area contributed by atoms with Crippen molar-refractivity contribution in [1.82, 2.24) is 19.5 Å².